The number of ether oxygens (including phenoxy) is 1. The van der Waals surface area contributed by atoms with E-state index in [-0.39, 0.29) is 11.2 Å². The van der Waals surface area contributed by atoms with Crippen LogP contribution in [0.5, 0.6) is 0 Å². The number of aromatic nitrogens is 2. The quantitative estimate of drug-likeness (QED) is 0.709. The van der Waals surface area contributed by atoms with Gasteiger partial charge in [-0.3, -0.25) is 4.79 Å². The van der Waals surface area contributed by atoms with Crippen LogP contribution >= 0.6 is 11.8 Å². The Morgan fingerprint density at radius 1 is 1.52 bits per heavy atom. The van der Waals surface area contributed by atoms with Crippen molar-refractivity contribution in [2.75, 3.05) is 19.5 Å². The normalized spacial score (nSPS) is 12.1. The molecule has 0 radical (unpaired) electrons. The van der Waals surface area contributed by atoms with Gasteiger partial charge in [-0.25, -0.2) is 4.98 Å². The predicted molar refractivity (Wildman–Crippen MR) is 84.9 cm³/mol. The predicted octanol–water partition coefficient (Wildman–Crippen LogP) is 3.25. The lowest BCUT2D eigenvalue weighted by Gasteiger charge is -2.27. The molecule has 120 valence electrons. The molecule has 0 saturated heterocycles. The van der Waals surface area contributed by atoms with Gasteiger partial charge < -0.3 is 14.4 Å². The first-order chi connectivity index (χ1) is 9.76. The molecule has 5 nitrogen and oxygen atoms in total. The van der Waals surface area contributed by atoms with E-state index in [0.29, 0.717) is 5.92 Å². The lowest BCUT2D eigenvalue weighted by atomic mass is 9.89. The van der Waals surface area contributed by atoms with E-state index in [9.17, 15) is 4.79 Å². The molecular weight excluding hydrogens is 288 g/mol. The molecule has 0 aromatic carbocycles. The van der Waals surface area contributed by atoms with Crippen LogP contribution < -0.4 is 0 Å². The van der Waals surface area contributed by atoms with Crippen molar-refractivity contribution < 1.29 is 14.6 Å². The van der Waals surface area contributed by atoms with E-state index >= 15 is 0 Å². The fraction of sp³-hybridized carbons (Fsp3) is 0.733. The highest BCUT2D eigenvalue weighted by molar-refractivity contribution is 7.99. The summed E-state index contributed by atoms with van der Waals surface area (Å²) in [4.78, 5) is 15.2. The summed E-state index contributed by atoms with van der Waals surface area (Å²) < 4.78 is 7.34. The molecule has 1 aromatic heterocycles. The Kier molecular flexibility index (Phi) is 6.74. The second-order valence-corrected chi connectivity index (χ2v) is 7.24. The summed E-state index contributed by atoms with van der Waals surface area (Å²) in [6.07, 6.45) is 2.81. The van der Waals surface area contributed by atoms with Gasteiger partial charge in [0.1, 0.15) is 0 Å². The number of aliphatic carboxylic acids is 1. The summed E-state index contributed by atoms with van der Waals surface area (Å²) in [6, 6.07) is 0. The SMILES string of the molecule is COCCC(C)(C)Cn1c(C(C)C)cnc1SCC(=O)O. The maximum absolute atomic E-state index is 10.8. The Morgan fingerprint density at radius 3 is 2.71 bits per heavy atom. The van der Waals surface area contributed by atoms with E-state index in [1.54, 1.807) is 7.11 Å². The average Bonchev–Trinajstić information content (AvgIpc) is 2.76. The highest BCUT2D eigenvalue weighted by Gasteiger charge is 2.23. The third kappa shape index (κ3) is 5.71. The van der Waals surface area contributed by atoms with Crippen LogP contribution in [0.3, 0.4) is 0 Å². The monoisotopic (exact) mass is 314 g/mol. The number of thioether (sulfide) groups is 1. The molecule has 1 N–H and O–H groups in total. The molecule has 0 saturated carbocycles. The molecule has 0 fully saturated rings. The first-order valence-electron chi connectivity index (χ1n) is 7.16. The summed E-state index contributed by atoms with van der Waals surface area (Å²) in [5, 5.41) is 9.64. The van der Waals surface area contributed by atoms with Crippen molar-refractivity contribution in [2.45, 2.75) is 51.7 Å². The summed E-state index contributed by atoms with van der Waals surface area (Å²) in [6.45, 7) is 10.2. The highest BCUT2D eigenvalue weighted by Crippen LogP contribution is 2.30. The minimum Gasteiger partial charge on any atom is -0.481 e. The molecule has 0 unspecified atom stereocenters. The van der Waals surface area contributed by atoms with Gasteiger partial charge in [-0.05, 0) is 17.8 Å². The molecule has 0 amide bonds. The Labute approximate surface area is 131 Å². The Morgan fingerprint density at radius 2 is 2.19 bits per heavy atom. The Bertz CT molecular complexity index is 469. The molecule has 1 rings (SSSR count). The molecule has 0 spiro atoms. The maximum Gasteiger partial charge on any atom is 0.313 e. The standard InChI is InChI=1S/C15H26N2O3S/c1-11(2)12-8-16-14(21-9-13(18)19)17(12)10-15(3,4)6-7-20-5/h8,11H,6-7,9-10H2,1-5H3,(H,18,19). The van der Waals surface area contributed by atoms with Gasteiger partial charge in [-0.2, -0.15) is 0 Å². The van der Waals surface area contributed by atoms with Gasteiger partial charge in [-0.15, -0.1) is 0 Å². The number of hydrogen-bond acceptors (Lipinski definition) is 4. The molecule has 0 aliphatic heterocycles. The van der Waals surface area contributed by atoms with Crippen molar-refractivity contribution in [1.29, 1.82) is 0 Å². The number of methoxy groups -OCH3 is 1. The van der Waals surface area contributed by atoms with Crippen molar-refractivity contribution in [3.05, 3.63) is 11.9 Å². The largest absolute Gasteiger partial charge is 0.481 e. The van der Waals surface area contributed by atoms with E-state index in [4.69, 9.17) is 9.84 Å². The number of carboxylic acid groups (broad SMARTS) is 1. The van der Waals surface area contributed by atoms with Crippen LogP contribution in [0.25, 0.3) is 0 Å². The van der Waals surface area contributed by atoms with Gasteiger partial charge in [0.05, 0.1) is 5.75 Å². The van der Waals surface area contributed by atoms with Crippen molar-refractivity contribution in [3.8, 4) is 0 Å². The van der Waals surface area contributed by atoms with Crippen LogP contribution in [0.15, 0.2) is 11.4 Å². The van der Waals surface area contributed by atoms with Crippen molar-refractivity contribution in [1.82, 2.24) is 9.55 Å². The summed E-state index contributed by atoms with van der Waals surface area (Å²) in [5.74, 6) is -0.429. The van der Waals surface area contributed by atoms with Crippen LogP contribution in [0.1, 0.15) is 45.7 Å². The van der Waals surface area contributed by atoms with Crippen LogP contribution in [0.4, 0.5) is 0 Å². The van der Waals surface area contributed by atoms with Gasteiger partial charge in [0.2, 0.25) is 0 Å². The number of hydrogen-bond donors (Lipinski definition) is 1. The first-order valence-corrected chi connectivity index (χ1v) is 8.14. The van der Waals surface area contributed by atoms with Crippen LogP contribution in [-0.4, -0.2) is 40.1 Å². The fourth-order valence-corrected chi connectivity index (χ4v) is 2.82. The number of rotatable bonds is 9. The first kappa shape index (κ1) is 18.0. The molecule has 0 atom stereocenters. The zero-order valence-corrected chi connectivity index (χ0v) is 14.4. The lowest BCUT2D eigenvalue weighted by molar-refractivity contribution is -0.133. The highest BCUT2D eigenvalue weighted by atomic mass is 32.2. The van der Waals surface area contributed by atoms with Crippen LogP contribution in [0, 0.1) is 5.41 Å². The van der Waals surface area contributed by atoms with E-state index in [1.165, 1.54) is 11.8 Å². The molecule has 6 heteroatoms. The zero-order valence-electron chi connectivity index (χ0n) is 13.5. The molecule has 0 bridgehead atoms. The Balaban J connectivity index is 2.95. The molecule has 0 aliphatic carbocycles. The molecule has 1 aromatic rings. The van der Waals surface area contributed by atoms with Gasteiger partial charge in [0.25, 0.3) is 0 Å². The molecule has 21 heavy (non-hydrogen) atoms. The molecule has 1 heterocycles. The fourth-order valence-electron chi connectivity index (χ4n) is 2.12. The van der Waals surface area contributed by atoms with E-state index in [1.807, 2.05) is 6.20 Å². The van der Waals surface area contributed by atoms with Gasteiger partial charge in [0, 0.05) is 32.2 Å². The van der Waals surface area contributed by atoms with Crippen molar-refractivity contribution in [3.63, 3.8) is 0 Å². The van der Waals surface area contributed by atoms with E-state index in [0.717, 1.165) is 30.4 Å². The van der Waals surface area contributed by atoms with Gasteiger partial charge >= 0.3 is 5.97 Å². The second kappa shape index (κ2) is 7.84. The second-order valence-electron chi connectivity index (χ2n) is 6.30. The molecule has 0 aliphatic rings. The molecular formula is C15H26N2O3S. The maximum atomic E-state index is 10.8. The van der Waals surface area contributed by atoms with Crippen molar-refractivity contribution in [2.24, 2.45) is 5.41 Å². The lowest BCUT2D eigenvalue weighted by Crippen LogP contribution is -2.23. The van der Waals surface area contributed by atoms with Crippen LogP contribution in [0.2, 0.25) is 0 Å². The van der Waals surface area contributed by atoms with Gasteiger partial charge in [0.15, 0.2) is 5.16 Å². The minimum absolute atomic E-state index is 0.0348. The van der Waals surface area contributed by atoms with Crippen LogP contribution in [-0.2, 0) is 16.1 Å². The third-order valence-electron chi connectivity index (χ3n) is 3.34. The summed E-state index contributed by atoms with van der Waals surface area (Å²) in [7, 11) is 1.71. The summed E-state index contributed by atoms with van der Waals surface area (Å²) >= 11 is 1.28. The number of carboxylic acids is 1. The third-order valence-corrected chi connectivity index (χ3v) is 4.31. The smallest absolute Gasteiger partial charge is 0.313 e. The van der Waals surface area contributed by atoms with Gasteiger partial charge in [-0.1, -0.05) is 39.5 Å². The van der Waals surface area contributed by atoms with Crippen molar-refractivity contribution >= 4 is 17.7 Å². The number of carbonyl (C=O) groups is 1. The summed E-state index contributed by atoms with van der Waals surface area (Å²) in [5.41, 5.74) is 1.21. The van der Waals surface area contributed by atoms with E-state index < -0.39 is 5.97 Å². The number of nitrogens with zero attached hydrogens (tertiary/aromatic N) is 2. The topological polar surface area (TPSA) is 64.4 Å². The number of imidazole rings is 1. The van der Waals surface area contributed by atoms with E-state index in [2.05, 4.69) is 37.2 Å². The average molecular weight is 314 g/mol. The zero-order chi connectivity index (χ0) is 16.0. The minimum atomic E-state index is -0.820. The Hall–Kier alpha value is -1.01.